The second-order valence-corrected chi connectivity index (χ2v) is 9.62. The van der Waals surface area contributed by atoms with Gasteiger partial charge in [0.1, 0.15) is 11.9 Å². The molecule has 2 atom stereocenters. The predicted molar refractivity (Wildman–Crippen MR) is 132 cm³/mol. The molecule has 0 fully saturated rings. The maximum absolute atomic E-state index is 14.0. The van der Waals surface area contributed by atoms with Crippen LogP contribution in [0.2, 0.25) is 15.1 Å². The standard InChI is InChI=1S/C23H26Cl3FN2O2S/c1-4-14(2)28-23(31)15(3)29(11-16-18(24)7-5-8-19(16)25)22(30)13-32-12-17-20(26)9-6-10-21(17)27/h5-10,14-15H,4,11-13H2,1-3H3,(H,28,31)/t14-,15+/m0/s1. The molecule has 9 heteroatoms. The quantitative estimate of drug-likeness (QED) is 0.398. The van der Waals surface area contributed by atoms with Crippen LogP contribution in [0.15, 0.2) is 36.4 Å². The molecule has 0 aromatic heterocycles. The number of carbonyl (C=O) groups excluding carboxylic acids is 2. The minimum Gasteiger partial charge on any atom is -0.352 e. The van der Waals surface area contributed by atoms with Crippen LogP contribution < -0.4 is 5.32 Å². The maximum Gasteiger partial charge on any atom is 0.242 e. The van der Waals surface area contributed by atoms with E-state index < -0.39 is 11.9 Å². The van der Waals surface area contributed by atoms with Crippen LogP contribution in [0.4, 0.5) is 4.39 Å². The average molecular weight is 520 g/mol. The van der Waals surface area contributed by atoms with Gasteiger partial charge in [0.2, 0.25) is 11.8 Å². The summed E-state index contributed by atoms with van der Waals surface area (Å²) in [5.74, 6) is -0.708. The van der Waals surface area contributed by atoms with Crippen LogP contribution in [0.3, 0.4) is 0 Å². The number of halogens is 4. The van der Waals surface area contributed by atoms with Gasteiger partial charge in [-0.1, -0.05) is 53.9 Å². The van der Waals surface area contributed by atoms with Crippen molar-refractivity contribution < 1.29 is 14.0 Å². The van der Waals surface area contributed by atoms with Crippen molar-refractivity contribution in [1.82, 2.24) is 10.2 Å². The van der Waals surface area contributed by atoms with Gasteiger partial charge in [-0.05, 0) is 44.5 Å². The summed E-state index contributed by atoms with van der Waals surface area (Å²) in [6.45, 7) is 5.61. The highest BCUT2D eigenvalue weighted by molar-refractivity contribution is 7.99. The fourth-order valence-corrected chi connectivity index (χ4v) is 4.66. The molecule has 4 nitrogen and oxygen atoms in total. The van der Waals surface area contributed by atoms with E-state index >= 15 is 0 Å². The van der Waals surface area contributed by atoms with Gasteiger partial charge < -0.3 is 10.2 Å². The first kappa shape index (κ1) is 26.8. The largest absolute Gasteiger partial charge is 0.352 e. The topological polar surface area (TPSA) is 49.4 Å². The van der Waals surface area contributed by atoms with E-state index in [-0.39, 0.29) is 35.9 Å². The van der Waals surface area contributed by atoms with Gasteiger partial charge in [0, 0.05) is 44.5 Å². The number of carbonyl (C=O) groups is 2. The van der Waals surface area contributed by atoms with Gasteiger partial charge in [0.05, 0.1) is 5.75 Å². The lowest BCUT2D eigenvalue weighted by Crippen LogP contribution is -2.50. The number of hydrogen-bond donors (Lipinski definition) is 1. The first-order chi connectivity index (χ1) is 15.1. The van der Waals surface area contributed by atoms with Crippen molar-refractivity contribution in [2.24, 2.45) is 0 Å². The fraction of sp³-hybridized carbons (Fsp3) is 0.391. The molecule has 2 amide bonds. The Hall–Kier alpha value is -1.47. The summed E-state index contributed by atoms with van der Waals surface area (Å²) in [5.41, 5.74) is 0.907. The third-order valence-electron chi connectivity index (χ3n) is 5.09. The Morgan fingerprint density at radius 3 is 2.16 bits per heavy atom. The van der Waals surface area contributed by atoms with Crippen molar-refractivity contribution in [2.75, 3.05) is 5.75 Å². The molecule has 2 aromatic carbocycles. The van der Waals surface area contributed by atoms with Crippen LogP contribution in [0.1, 0.15) is 38.3 Å². The number of rotatable bonds is 10. The maximum atomic E-state index is 14.0. The van der Waals surface area contributed by atoms with E-state index in [2.05, 4.69) is 5.32 Å². The Kier molecular flexibility index (Phi) is 10.6. The van der Waals surface area contributed by atoms with E-state index in [9.17, 15) is 14.0 Å². The zero-order valence-electron chi connectivity index (χ0n) is 18.1. The summed E-state index contributed by atoms with van der Waals surface area (Å²) in [4.78, 5) is 27.3. The molecule has 174 valence electrons. The highest BCUT2D eigenvalue weighted by Crippen LogP contribution is 2.28. The highest BCUT2D eigenvalue weighted by Gasteiger charge is 2.28. The number of amides is 2. The Balaban J connectivity index is 2.18. The minimum absolute atomic E-state index is 0.0247. The average Bonchev–Trinajstić information content (AvgIpc) is 2.74. The van der Waals surface area contributed by atoms with Gasteiger partial charge in [0.15, 0.2) is 0 Å². The number of benzene rings is 2. The lowest BCUT2D eigenvalue weighted by atomic mass is 10.1. The van der Waals surface area contributed by atoms with Crippen molar-refractivity contribution in [1.29, 1.82) is 0 Å². The van der Waals surface area contributed by atoms with Gasteiger partial charge >= 0.3 is 0 Å². The first-order valence-electron chi connectivity index (χ1n) is 10.2. The zero-order valence-corrected chi connectivity index (χ0v) is 21.2. The SMILES string of the molecule is CC[C@H](C)NC(=O)[C@@H](C)N(Cc1c(Cl)cccc1Cl)C(=O)CSCc1c(F)cccc1Cl. The van der Waals surface area contributed by atoms with Gasteiger partial charge in [0.25, 0.3) is 0 Å². The van der Waals surface area contributed by atoms with Crippen molar-refractivity contribution in [3.05, 3.63) is 68.4 Å². The van der Waals surface area contributed by atoms with Crippen LogP contribution in [0, 0.1) is 5.82 Å². The van der Waals surface area contributed by atoms with Gasteiger partial charge in [-0.3, -0.25) is 9.59 Å². The van der Waals surface area contributed by atoms with Gasteiger partial charge in [-0.15, -0.1) is 11.8 Å². The fourth-order valence-electron chi connectivity index (χ4n) is 2.90. The summed E-state index contributed by atoms with van der Waals surface area (Å²) in [7, 11) is 0. The number of nitrogens with zero attached hydrogens (tertiary/aromatic N) is 1. The van der Waals surface area contributed by atoms with Crippen LogP contribution in [-0.2, 0) is 21.9 Å². The van der Waals surface area contributed by atoms with E-state index in [4.69, 9.17) is 34.8 Å². The molecule has 0 aliphatic heterocycles. The molecule has 0 aliphatic carbocycles. The molecule has 0 radical (unpaired) electrons. The number of thioether (sulfide) groups is 1. The second kappa shape index (κ2) is 12.7. The molecule has 32 heavy (non-hydrogen) atoms. The van der Waals surface area contributed by atoms with Crippen LogP contribution in [-0.4, -0.2) is 34.6 Å². The zero-order chi connectivity index (χ0) is 23.8. The summed E-state index contributed by atoms with van der Waals surface area (Å²) >= 11 is 19.9. The van der Waals surface area contributed by atoms with Gasteiger partial charge in [-0.25, -0.2) is 4.39 Å². The summed E-state index contributed by atoms with van der Waals surface area (Å²) in [6, 6.07) is 8.78. The van der Waals surface area contributed by atoms with Crippen molar-refractivity contribution in [2.45, 2.75) is 51.6 Å². The highest BCUT2D eigenvalue weighted by atomic mass is 35.5. The predicted octanol–water partition coefficient (Wildman–Crippen LogP) is 6.35. The van der Waals surface area contributed by atoms with E-state index in [0.29, 0.717) is 26.2 Å². The summed E-state index contributed by atoms with van der Waals surface area (Å²) in [6.07, 6.45) is 0.766. The molecular weight excluding hydrogens is 494 g/mol. The summed E-state index contributed by atoms with van der Waals surface area (Å²) in [5, 5.41) is 4.04. The Morgan fingerprint density at radius 1 is 1.03 bits per heavy atom. The molecule has 0 bridgehead atoms. The molecule has 0 heterocycles. The normalized spacial score (nSPS) is 12.8. The molecule has 1 N–H and O–H groups in total. The van der Waals surface area contributed by atoms with Crippen molar-refractivity contribution in [3.8, 4) is 0 Å². The molecule has 0 spiro atoms. The molecule has 2 rings (SSSR count). The van der Waals surface area contributed by atoms with Crippen LogP contribution in [0.25, 0.3) is 0 Å². The minimum atomic E-state index is -0.749. The summed E-state index contributed by atoms with van der Waals surface area (Å²) < 4.78 is 14.0. The lowest BCUT2D eigenvalue weighted by Gasteiger charge is -2.30. The van der Waals surface area contributed by atoms with Gasteiger partial charge in [-0.2, -0.15) is 0 Å². The third-order valence-corrected chi connectivity index (χ3v) is 7.10. The monoisotopic (exact) mass is 518 g/mol. The molecule has 2 aromatic rings. The van der Waals surface area contributed by atoms with Crippen LogP contribution >= 0.6 is 46.6 Å². The smallest absolute Gasteiger partial charge is 0.242 e. The molecule has 0 unspecified atom stereocenters. The van der Waals surface area contributed by atoms with E-state index in [1.54, 1.807) is 31.2 Å². The second-order valence-electron chi connectivity index (χ2n) is 7.41. The van der Waals surface area contributed by atoms with Crippen molar-refractivity contribution >= 4 is 58.4 Å². The Labute approximate surface area is 207 Å². The Morgan fingerprint density at radius 2 is 1.59 bits per heavy atom. The molecule has 0 aliphatic rings. The van der Waals surface area contributed by atoms with E-state index in [0.717, 1.165) is 6.42 Å². The molecule has 0 saturated heterocycles. The lowest BCUT2D eigenvalue weighted by molar-refractivity contribution is -0.138. The van der Waals surface area contributed by atoms with Crippen molar-refractivity contribution in [3.63, 3.8) is 0 Å². The Bertz CT molecular complexity index is 920. The van der Waals surface area contributed by atoms with E-state index in [1.807, 2.05) is 13.8 Å². The molecule has 0 saturated carbocycles. The third kappa shape index (κ3) is 7.27. The number of nitrogens with one attached hydrogen (secondary N) is 1. The molecular formula is C23H26Cl3FN2O2S. The number of hydrogen-bond acceptors (Lipinski definition) is 3. The van der Waals surface area contributed by atoms with Crippen LogP contribution in [0.5, 0.6) is 0 Å². The van der Waals surface area contributed by atoms with E-state index in [1.165, 1.54) is 28.8 Å². The first-order valence-corrected chi connectivity index (χ1v) is 12.5.